The van der Waals surface area contributed by atoms with Crippen molar-refractivity contribution in [1.82, 2.24) is 4.98 Å². The lowest BCUT2D eigenvalue weighted by Crippen LogP contribution is -2.29. The molecule has 92 valence electrons. The van der Waals surface area contributed by atoms with Crippen molar-refractivity contribution in [2.24, 2.45) is 0 Å². The van der Waals surface area contributed by atoms with E-state index in [9.17, 15) is 4.79 Å². The predicted molar refractivity (Wildman–Crippen MR) is 67.5 cm³/mol. The summed E-state index contributed by atoms with van der Waals surface area (Å²) in [4.78, 5) is 18.0. The highest BCUT2D eigenvalue weighted by atomic mass is 16.3. The lowest BCUT2D eigenvalue weighted by Gasteiger charge is -2.15. The maximum absolute atomic E-state index is 12.3. The van der Waals surface area contributed by atoms with Crippen molar-refractivity contribution in [2.75, 3.05) is 17.2 Å². The molecule has 0 saturated heterocycles. The number of oxazole rings is 1. The van der Waals surface area contributed by atoms with Crippen LogP contribution in [-0.2, 0) is 6.42 Å². The third-order valence-corrected chi connectivity index (χ3v) is 3.18. The van der Waals surface area contributed by atoms with Crippen molar-refractivity contribution in [1.29, 1.82) is 0 Å². The Balaban J connectivity index is 1.98. The van der Waals surface area contributed by atoms with Gasteiger partial charge in [0.1, 0.15) is 0 Å². The topological polar surface area (TPSA) is 72.4 Å². The molecular formula is C13H13N3O2. The van der Waals surface area contributed by atoms with E-state index in [-0.39, 0.29) is 5.91 Å². The molecule has 0 radical (unpaired) electrons. The Morgan fingerprint density at radius 1 is 1.50 bits per heavy atom. The van der Waals surface area contributed by atoms with Crippen LogP contribution in [0.2, 0.25) is 0 Å². The van der Waals surface area contributed by atoms with Gasteiger partial charge in [-0.1, -0.05) is 0 Å². The van der Waals surface area contributed by atoms with Gasteiger partial charge in [-0.3, -0.25) is 4.79 Å². The fourth-order valence-electron chi connectivity index (χ4n) is 2.26. The Kier molecular flexibility index (Phi) is 2.33. The number of benzene rings is 1. The van der Waals surface area contributed by atoms with Crippen molar-refractivity contribution in [3.05, 3.63) is 41.6 Å². The van der Waals surface area contributed by atoms with Crippen LogP contribution in [0, 0.1) is 6.92 Å². The van der Waals surface area contributed by atoms with E-state index in [0.717, 1.165) is 23.4 Å². The molecule has 5 heteroatoms. The summed E-state index contributed by atoms with van der Waals surface area (Å²) in [6, 6.07) is 5.59. The van der Waals surface area contributed by atoms with Gasteiger partial charge in [-0.2, -0.15) is 0 Å². The van der Waals surface area contributed by atoms with E-state index in [0.29, 0.717) is 18.0 Å². The Hall–Kier alpha value is -2.30. The van der Waals surface area contributed by atoms with Gasteiger partial charge in [-0.05, 0) is 37.1 Å². The number of carbonyl (C=O) groups excluding carboxylic acids is 1. The van der Waals surface area contributed by atoms with Crippen LogP contribution in [0.4, 0.5) is 11.4 Å². The summed E-state index contributed by atoms with van der Waals surface area (Å²) in [7, 11) is 0. The summed E-state index contributed by atoms with van der Waals surface area (Å²) in [6.45, 7) is 2.41. The number of amides is 1. The Labute approximate surface area is 104 Å². The summed E-state index contributed by atoms with van der Waals surface area (Å²) in [6.07, 6.45) is 2.11. The fraction of sp³-hybridized carbons (Fsp3) is 0.231. The summed E-state index contributed by atoms with van der Waals surface area (Å²) >= 11 is 0. The average Bonchev–Trinajstić information content (AvgIpc) is 2.94. The van der Waals surface area contributed by atoms with Crippen LogP contribution in [0.5, 0.6) is 0 Å². The fourth-order valence-corrected chi connectivity index (χ4v) is 2.26. The number of nitrogens with zero attached hydrogens (tertiary/aromatic N) is 2. The number of nitrogen functional groups attached to an aromatic ring is 1. The first-order valence-corrected chi connectivity index (χ1v) is 5.77. The van der Waals surface area contributed by atoms with E-state index in [4.69, 9.17) is 10.2 Å². The van der Waals surface area contributed by atoms with Crippen LogP contribution in [0.25, 0.3) is 0 Å². The van der Waals surface area contributed by atoms with Gasteiger partial charge in [-0.25, -0.2) is 4.98 Å². The lowest BCUT2D eigenvalue weighted by atomic mass is 10.1. The van der Waals surface area contributed by atoms with E-state index in [2.05, 4.69) is 4.98 Å². The van der Waals surface area contributed by atoms with Crippen LogP contribution in [0.1, 0.15) is 21.8 Å². The molecule has 1 aliphatic rings. The molecule has 0 aliphatic carbocycles. The first-order chi connectivity index (χ1) is 8.66. The number of anilines is 2. The number of hydrogen-bond donors (Lipinski definition) is 1. The molecule has 0 bridgehead atoms. The molecule has 0 unspecified atom stereocenters. The number of nitrogens with two attached hydrogens (primary N) is 1. The second kappa shape index (κ2) is 3.87. The van der Waals surface area contributed by atoms with E-state index in [1.54, 1.807) is 17.9 Å². The summed E-state index contributed by atoms with van der Waals surface area (Å²) in [5.41, 5.74) is 9.08. The van der Waals surface area contributed by atoms with Crippen LogP contribution in [-0.4, -0.2) is 17.4 Å². The van der Waals surface area contributed by atoms with Gasteiger partial charge in [0.25, 0.3) is 5.91 Å². The molecule has 1 amide bonds. The van der Waals surface area contributed by atoms with E-state index >= 15 is 0 Å². The number of fused-ring (bicyclic) bond motifs is 1. The molecular weight excluding hydrogens is 230 g/mol. The molecule has 0 saturated carbocycles. The van der Waals surface area contributed by atoms with Crippen molar-refractivity contribution in [3.63, 3.8) is 0 Å². The number of rotatable bonds is 1. The van der Waals surface area contributed by atoms with Gasteiger partial charge in [0.05, 0.1) is 5.69 Å². The van der Waals surface area contributed by atoms with Crippen LogP contribution in [0.15, 0.2) is 29.0 Å². The molecule has 5 nitrogen and oxygen atoms in total. The molecule has 2 heterocycles. The molecule has 1 aliphatic heterocycles. The lowest BCUT2D eigenvalue weighted by molar-refractivity contribution is 0.0962. The highest BCUT2D eigenvalue weighted by Crippen LogP contribution is 2.31. The summed E-state index contributed by atoms with van der Waals surface area (Å²) in [5, 5.41) is 0. The quantitative estimate of drug-likeness (QED) is 0.775. The van der Waals surface area contributed by atoms with Crippen molar-refractivity contribution in [3.8, 4) is 0 Å². The molecule has 2 aromatic rings. The minimum atomic E-state index is -0.145. The largest absolute Gasteiger partial charge is 0.438 e. The van der Waals surface area contributed by atoms with Crippen molar-refractivity contribution >= 4 is 17.3 Å². The molecule has 1 aromatic heterocycles. The zero-order chi connectivity index (χ0) is 12.7. The zero-order valence-corrected chi connectivity index (χ0v) is 10.0. The zero-order valence-electron chi connectivity index (χ0n) is 10.0. The van der Waals surface area contributed by atoms with E-state index < -0.39 is 0 Å². The second-order valence-corrected chi connectivity index (χ2v) is 4.36. The summed E-state index contributed by atoms with van der Waals surface area (Å²) in [5.74, 6) is 0.160. The third-order valence-electron chi connectivity index (χ3n) is 3.18. The average molecular weight is 243 g/mol. The van der Waals surface area contributed by atoms with Gasteiger partial charge < -0.3 is 15.1 Å². The van der Waals surface area contributed by atoms with E-state index in [1.807, 2.05) is 12.1 Å². The molecule has 18 heavy (non-hydrogen) atoms. The van der Waals surface area contributed by atoms with Crippen LogP contribution < -0.4 is 10.6 Å². The first-order valence-electron chi connectivity index (χ1n) is 5.77. The van der Waals surface area contributed by atoms with Crippen molar-refractivity contribution < 1.29 is 9.21 Å². The molecule has 0 fully saturated rings. The van der Waals surface area contributed by atoms with Crippen molar-refractivity contribution in [2.45, 2.75) is 13.3 Å². The Bertz CT molecular complexity index is 618. The smallest absolute Gasteiger partial charge is 0.295 e. The second-order valence-electron chi connectivity index (χ2n) is 4.36. The number of aryl methyl sites for hydroxylation is 1. The van der Waals surface area contributed by atoms with Gasteiger partial charge in [0.15, 0.2) is 6.39 Å². The first kappa shape index (κ1) is 10.8. The maximum atomic E-state index is 12.3. The standard InChI is InChI=1S/C13H13N3O2/c1-8-12(18-7-15-8)13(17)16-5-4-9-6-10(14)2-3-11(9)16/h2-3,6-7H,4-5,14H2,1H3. The third kappa shape index (κ3) is 1.55. The van der Waals surface area contributed by atoms with Crippen LogP contribution >= 0.6 is 0 Å². The number of aromatic nitrogens is 1. The normalized spacial score (nSPS) is 13.7. The Morgan fingerprint density at radius 3 is 3.06 bits per heavy atom. The molecule has 1 aromatic carbocycles. The van der Waals surface area contributed by atoms with Gasteiger partial charge >= 0.3 is 0 Å². The molecule has 0 spiro atoms. The molecule has 2 N–H and O–H groups in total. The monoisotopic (exact) mass is 243 g/mol. The van der Waals surface area contributed by atoms with Crippen LogP contribution in [0.3, 0.4) is 0 Å². The number of hydrogen-bond acceptors (Lipinski definition) is 4. The maximum Gasteiger partial charge on any atom is 0.295 e. The molecule has 0 atom stereocenters. The minimum Gasteiger partial charge on any atom is -0.438 e. The van der Waals surface area contributed by atoms with Gasteiger partial charge in [-0.15, -0.1) is 0 Å². The van der Waals surface area contributed by atoms with Gasteiger partial charge in [0.2, 0.25) is 5.76 Å². The SMILES string of the molecule is Cc1ncoc1C(=O)N1CCc2cc(N)ccc21. The number of carbonyl (C=O) groups is 1. The predicted octanol–water partition coefficient (Wildman–Crippen LogP) is 1.77. The Morgan fingerprint density at radius 2 is 2.33 bits per heavy atom. The molecule has 3 rings (SSSR count). The highest BCUT2D eigenvalue weighted by molar-refractivity contribution is 6.06. The summed E-state index contributed by atoms with van der Waals surface area (Å²) < 4.78 is 5.15. The van der Waals surface area contributed by atoms with E-state index in [1.165, 1.54) is 6.39 Å². The minimum absolute atomic E-state index is 0.145. The highest BCUT2D eigenvalue weighted by Gasteiger charge is 2.28. The van der Waals surface area contributed by atoms with Gasteiger partial charge in [0, 0.05) is 17.9 Å².